The fourth-order valence-corrected chi connectivity index (χ4v) is 4.93. The fraction of sp³-hybridized carbons (Fsp3) is 0.409. The molecule has 2 aromatic rings. The fourth-order valence-electron chi connectivity index (χ4n) is 3.87. The van der Waals surface area contributed by atoms with Crippen LogP contribution in [0.1, 0.15) is 30.1 Å². The van der Waals surface area contributed by atoms with Crippen LogP contribution < -0.4 is 14.2 Å². The lowest BCUT2D eigenvalue weighted by molar-refractivity contribution is 0.0761. The minimum Gasteiger partial charge on any atom is -0.454 e. The first kappa shape index (κ1) is 21.5. The number of amides is 1. The number of sulfonamides is 1. The minimum absolute atomic E-state index is 0.0667. The Kier molecular flexibility index (Phi) is 6.33. The first-order valence-corrected chi connectivity index (χ1v) is 12.0. The molecule has 2 aliphatic rings. The second kappa shape index (κ2) is 9.15. The van der Waals surface area contributed by atoms with Crippen molar-refractivity contribution >= 4 is 21.6 Å². The van der Waals surface area contributed by atoms with Crippen LogP contribution in [0, 0.1) is 0 Å². The van der Waals surface area contributed by atoms with Crippen molar-refractivity contribution in [1.29, 1.82) is 0 Å². The third kappa shape index (κ3) is 4.94. The van der Waals surface area contributed by atoms with Crippen molar-refractivity contribution in [2.75, 3.05) is 44.2 Å². The summed E-state index contributed by atoms with van der Waals surface area (Å²) in [6.07, 6.45) is 2.03. The normalized spacial score (nSPS) is 16.7. The van der Waals surface area contributed by atoms with Gasteiger partial charge in [0, 0.05) is 37.0 Å². The molecule has 0 atom stereocenters. The molecule has 31 heavy (non-hydrogen) atoms. The second-order valence-corrected chi connectivity index (χ2v) is 9.37. The van der Waals surface area contributed by atoms with Crippen LogP contribution in [0.3, 0.4) is 0 Å². The molecule has 2 heterocycles. The standard InChI is InChI=1S/C22H27N3O5S/c1-2-9-24-10-4-11-25(13-12-24)22(26)17-5-3-6-18(14-17)23-31(27,28)19-7-8-20-21(15-19)30-16-29-20/h3,5-8,14-15,23H,2,4,9-13,16H2,1H3. The quantitative estimate of drug-likeness (QED) is 0.736. The largest absolute Gasteiger partial charge is 0.454 e. The number of rotatable bonds is 6. The summed E-state index contributed by atoms with van der Waals surface area (Å²) >= 11 is 0. The number of ether oxygens (including phenoxy) is 2. The highest BCUT2D eigenvalue weighted by Gasteiger charge is 2.22. The Morgan fingerprint density at radius 1 is 1.03 bits per heavy atom. The van der Waals surface area contributed by atoms with Gasteiger partial charge in [0.15, 0.2) is 11.5 Å². The molecule has 1 N–H and O–H groups in total. The molecule has 0 unspecified atom stereocenters. The van der Waals surface area contributed by atoms with E-state index in [1.807, 2.05) is 4.90 Å². The van der Waals surface area contributed by atoms with Crippen LogP contribution >= 0.6 is 0 Å². The molecule has 166 valence electrons. The molecule has 1 fully saturated rings. The second-order valence-electron chi connectivity index (χ2n) is 7.69. The predicted octanol–water partition coefficient (Wildman–Crippen LogP) is 2.77. The number of benzene rings is 2. The summed E-state index contributed by atoms with van der Waals surface area (Å²) in [6.45, 7) is 6.49. The van der Waals surface area contributed by atoms with Crippen LogP contribution in [0.25, 0.3) is 0 Å². The molecule has 2 aromatic carbocycles. The molecular weight excluding hydrogens is 418 g/mol. The summed E-state index contributed by atoms with van der Waals surface area (Å²) in [7, 11) is -3.84. The van der Waals surface area contributed by atoms with Crippen molar-refractivity contribution in [2.24, 2.45) is 0 Å². The Bertz CT molecular complexity index is 1060. The Morgan fingerprint density at radius 3 is 2.71 bits per heavy atom. The maximum absolute atomic E-state index is 13.0. The van der Waals surface area contributed by atoms with Crippen molar-refractivity contribution < 1.29 is 22.7 Å². The molecule has 0 radical (unpaired) electrons. The van der Waals surface area contributed by atoms with Crippen LogP contribution in [0.15, 0.2) is 47.4 Å². The summed E-state index contributed by atoms with van der Waals surface area (Å²) in [5, 5.41) is 0. The Hall–Kier alpha value is -2.78. The first-order valence-electron chi connectivity index (χ1n) is 10.5. The van der Waals surface area contributed by atoms with E-state index in [4.69, 9.17) is 9.47 Å². The maximum atomic E-state index is 13.0. The highest BCUT2D eigenvalue weighted by atomic mass is 32.2. The van der Waals surface area contributed by atoms with Crippen LogP contribution in [-0.4, -0.2) is 63.6 Å². The number of carbonyl (C=O) groups excluding carboxylic acids is 1. The van der Waals surface area contributed by atoms with Gasteiger partial charge in [-0.2, -0.15) is 0 Å². The summed E-state index contributed by atoms with van der Waals surface area (Å²) < 4.78 is 38.7. The van der Waals surface area contributed by atoms with E-state index < -0.39 is 10.0 Å². The molecule has 0 aromatic heterocycles. The Labute approximate surface area is 182 Å². The van der Waals surface area contributed by atoms with Gasteiger partial charge in [0.2, 0.25) is 6.79 Å². The molecular formula is C22H27N3O5S. The van der Waals surface area contributed by atoms with Gasteiger partial charge in [0.25, 0.3) is 15.9 Å². The van der Waals surface area contributed by atoms with E-state index in [1.54, 1.807) is 30.3 Å². The van der Waals surface area contributed by atoms with Gasteiger partial charge in [0.1, 0.15) is 0 Å². The van der Waals surface area contributed by atoms with Crippen LogP contribution in [0.5, 0.6) is 11.5 Å². The number of fused-ring (bicyclic) bond motifs is 1. The first-order chi connectivity index (χ1) is 15.0. The van der Waals surface area contributed by atoms with E-state index in [1.165, 1.54) is 12.1 Å². The predicted molar refractivity (Wildman–Crippen MR) is 117 cm³/mol. The molecule has 1 saturated heterocycles. The molecule has 0 bridgehead atoms. The van der Waals surface area contributed by atoms with Gasteiger partial charge >= 0.3 is 0 Å². The van der Waals surface area contributed by atoms with Gasteiger partial charge in [-0.05, 0) is 56.3 Å². The molecule has 4 rings (SSSR count). The molecule has 2 aliphatic heterocycles. The van der Waals surface area contributed by atoms with E-state index >= 15 is 0 Å². The van der Waals surface area contributed by atoms with Crippen LogP contribution in [-0.2, 0) is 10.0 Å². The zero-order valence-corrected chi connectivity index (χ0v) is 18.4. The van der Waals surface area contributed by atoms with E-state index in [9.17, 15) is 13.2 Å². The molecule has 9 heteroatoms. The Morgan fingerprint density at radius 2 is 1.87 bits per heavy atom. The van der Waals surface area contributed by atoms with Crippen molar-refractivity contribution in [3.8, 4) is 11.5 Å². The molecule has 0 saturated carbocycles. The molecule has 0 spiro atoms. The molecule has 0 aliphatic carbocycles. The zero-order chi connectivity index (χ0) is 21.8. The van der Waals surface area contributed by atoms with Crippen LogP contribution in [0.2, 0.25) is 0 Å². The highest BCUT2D eigenvalue weighted by molar-refractivity contribution is 7.92. The smallest absolute Gasteiger partial charge is 0.262 e. The van der Waals surface area contributed by atoms with Crippen molar-refractivity contribution in [3.63, 3.8) is 0 Å². The van der Waals surface area contributed by atoms with Crippen molar-refractivity contribution in [1.82, 2.24) is 9.80 Å². The third-order valence-corrected chi connectivity index (χ3v) is 6.81. The van der Waals surface area contributed by atoms with Gasteiger partial charge in [-0.25, -0.2) is 8.42 Å². The molecule has 1 amide bonds. The Balaban J connectivity index is 1.47. The lowest BCUT2D eigenvalue weighted by Crippen LogP contribution is -2.35. The van der Waals surface area contributed by atoms with Gasteiger partial charge in [-0.15, -0.1) is 0 Å². The number of anilines is 1. The maximum Gasteiger partial charge on any atom is 0.262 e. The lowest BCUT2D eigenvalue weighted by Gasteiger charge is -2.22. The summed E-state index contributed by atoms with van der Waals surface area (Å²) in [5.74, 6) is 0.828. The third-order valence-electron chi connectivity index (χ3n) is 5.43. The summed E-state index contributed by atoms with van der Waals surface area (Å²) in [6, 6.07) is 11.1. The van der Waals surface area contributed by atoms with E-state index in [0.29, 0.717) is 35.8 Å². The lowest BCUT2D eigenvalue weighted by atomic mass is 10.1. The van der Waals surface area contributed by atoms with Crippen LogP contribution in [0.4, 0.5) is 5.69 Å². The summed E-state index contributed by atoms with van der Waals surface area (Å²) in [5.41, 5.74) is 0.806. The minimum atomic E-state index is -3.84. The number of hydrogen-bond donors (Lipinski definition) is 1. The van der Waals surface area contributed by atoms with E-state index in [-0.39, 0.29) is 17.6 Å². The van der Waals surface area contributed by atoms with E-state index in [0.717, 1.165) is 32.5 Å². The van der Waals surface area contributed by atoms with Crippen molar-refractivity contribution in [3.05, 3.63) is 48.0 Å². The number of carbonyl (C=O) groups is 1. The highest BCUT2D eigenvalue weighted by Crippen LogP contribution is 2.34. The summed E-state index contributed by atoms with van der Waals surface area (Å²) in [4.78, 5) is 17.3. The number of nitrogens with zero attached hydrogens (tertiary/aromatic N) is 2. The average Bonchev–Trinajstić information content (AvgIpc) is 3.11. The SMILES string of the molecule is CCCN1CCCN(C(=O)c2cccc(NS(=O)(=O)c3ccc4c(c3)OCO4)c2)CC1. The number of hydrogen-bond acceptors (Lipinski definition) is 6. The van der Waals surface area contributed by atoms with Gasteiger partial charge in [-0.1, -0.05) is 13.0 Å². The van der Waals surface area contributed by atoms with Crippen molar-refractivity contribution in [2.45, 2.75) is 24.7 Å². The topological polar surface area (TPSA) is 88.2 Å². The number of nitrogens with one attached hydrogen (secondary N) is 1. The monoisotopic (exact) mass is 445 g/mol. The van der Waals surface area contributed by atoms with Gasteiger partial charge < -0.3 is 19.3 Å². The van der Waals surface area contributed by atoms with Gasteiger partial charge in [0.05, 0.1) is 4.90 Å². The average molecular weight is 446 g/mol. The van der Waals surface area contributed by atoms with E-state index in [2.05, 4.69) is 16.5 Å². The van der Waals surface area contributed by atoms with Gasteiger partial charge in [-0.3, -0.25) is 9.52 Å². The molecule has 8 nitrogen and oxygen atoms in total. The zero-order valence-electron chi connectivity index (χ0n) is 17.5.